The van der Waals surface area contributed by atoms with Gasteiger partial charge in [0, 0.05) is 11.4 Å². The van der Waals surface area contributed by atoms with Gasteiger partial charge in [-0.25, -0.2) is 0 Å². The molecule has 6 nitrogen and oxygen atoms in total. The van der Waals surface area contributed by atoms with Crippen molar-refractivity contribution in [2.24, 2.45) is 0 Å². The fraction of sp³-hybridized carbons (Fsp3) is 0. The summed E-state index contributed by atoms with van der Waals surface area (Å²) in [6.45, 7) is 0. The van der Waals surface area contributed by atoms with Crippen LogP contribution in [0, 0.1) is 0 Å². The normalized spacial score (nSPS) is 10.3. The van der Waals surface area contributed by atoms with E-state index in [9.17, 15) is 0 Å². The van der Waals surface area contributed by atoms with E-state index in [-0.39, 0.29) is 11.9 Å². The maximum Gasteiger partial charge on any atom is 0.241 e. The van der Waals surface area contributed by atoms with Crippen LogP contribution in [0.15, 0.2) is 60.7 Å². The third kappa shape index (κ3) is 2.74. The fourth-order valence-corrected chi connectivity index (χ4v) is 2.03. The molecule has 2 aromatic carbocycles. The van der Waals surface area contributed by atoms with Crippen LogP contribution in [0.4, 0.5) is 29.2 Å². The lowest BCUT2D eigenvalue weighted by atomic mass is 10.2. The number of nitrogen functional groups attached to an aromatic ring is 2. The van der Waals surface area contributed by atoms with Crippen LogP contribution in [0.2, 0.25) is 0 Å². The maximum atomic E-state index is 5.68. The molecule has 0 atom stereocenters. The number of aromatic nitrogens is 3. The second kappa shape index (κ2) is 5.46. The Morgan fingerprint density at radius 3 is 1.48 bits per heavy atom. The number of para-hydroxylation sites is 2. The molecule has 0 aliphatic rings. The smallest absolute Gasteiger partial charge is 0.241 e. The van der Waals surface area contributed by atoms with E-state index in [2.05, 4.69) is 15.0 Å². The highest BCUT2D eigenvalue weighted by molar-refractivity contribution is 5.72. The topological polar surface area (TPSA) is 93.9 Å². The Kier molecular flexibility index (Phi) is 3.34. The molecule has 0 bridgehead atoms. The predicted molar refractivity (Wildman–Crippen MR) is 83.3 cm³/mol. The lowest BCUT2D eigenvalue weighted by molar-refractivity contribution is 1.03. The first kappa shape index (κ1) is 12.9. The molecular formula is C15H14N6. The summed E-state index contributed by atoms with van der Waals surface area (Å²) in [5.74, 6) is 0.570. The first-order valence-electron chi connectivity index (χ1n) is 6.41. The van der Waals surface area contributed by atoms with Gasteiger partial charge in [-0.05, 0) is 24.3 Å². The molecular weight excluding hydrogens is 264 g/mol. The van der Waals surface area contributed by atoms with Crippen LogP contribution >= 0.6 is 0 Å². The summed E-state index contributed by atoms with van der Waals surface area (Å²) in [6, 6.07) is 19.5. The fourth-order valence-electron chi connectivity index (χ4n) is 2.03. The Balaban J connectivity index is 2.17. The van der Waals surface area contributed by atoms with Gasteiger partial charge < -0.3 is 11.5 Å². The summed E-state index contributed by atoms with van der Waals surface area (Å²) in [4.78, 5) is 14.1. The third-order valence-corrected chi connectivity index (χ3v) is 2.89. The number of nitrogens with two attached hydrogens (primary N) is 2. The average Bonchev–Trinajstić information content (AvgIpc) is 2.49. The minimum Gasteiger partial charge on any atom is -0.368 e. The molecule has 0 saturated heterocycles. The molecule has 0 unspecified atom stereocenters. The molecule has 0 amide bonds. The SMILES string of the molecule is Nc1nc(N)nc(N(c2ccccc2)c2ccccc2)n1. The van der Waals surface area contributed by atoms with E-state index in [0.29, 0.717) is 5.95 Å². The third-order valence-electron chi connectivity index (χ3n) is 2.89. The zero-order chi connectivity index (χ0) is 14.7. The molecule has 6 heteroatoms. The summed E-state index contributed by atoms with van der Waals surface area (Å²) < 4.78 is 0. The van der Waals surface area contributed by atoms with Gasteiger partial charge in [0.05, 0.1) is 0 Å². The van der Waals surface area contributed by atoms with Crippen molar-refractivity contribution in [2.75, 3.05) is 16.4 Å². The van der Waals surface area contributed by atoms with Crippen molar-refractivity contribution in [1.29, 1.82) is 0 Å². The van der Waals surface area contributed by atoms with Crippen LogP contribution < -0.4 is 16.4 Å². The van der Waals surface area contributed by atoms with Gasteiger partial charge in [-0.3, -0.25) is 4.90 Å². The van der Waals surface area contributed by atoms with Crippen LogP contribution in [-0.2, 0) is 0 Å². The Morgan fingerprint density at radius 1 is 0.619 bits per heavy atom. The van der Waals surface area contributed by atoms with Crippen LogP contribution in [0.25, 0.3) is 0 Å². The molecule has 21 heavy (non-hydrogen) atoms. The highest BCUT2D eigenvalue weighted by atomic mass is 15.3. The number of rotatable bonds is 3. The predicted octanol–water partition coefficient (Wildman–Crippen LogP) is 2.51. The maximum absolute atomic E-state index is 5.68. The molecule has 3 rings (SSSR count). The standard InChI is InChI=1S/C15H14N6/c16-13-18-14(17)20-15(19-13)21(11-7-3-1-4-8-11)12-9-5-2-6-10-12/h1-10H,(H4,16,17,18,19,20). The average molecular weight is 278 g/mol. The van der Waals surface area contributed by atoms with Crippen molar-refractivity contribution in [2.45, 2.75) is 0 Å². The lowest BCUT2D eigenvalue weighted by Gasteiger charge is -2.22. The van der Waals surface area contributed by atoms with Gasteiger partial charge in [0.15, 0.2) is 0 Å². The van der Waals surface area contributed by atoms with Crippen LogP contribution in [0.1, 0.15) is 0 Å². The molecule has 3 aromatic rings. The van der Waals surface area contributed by atoms with Crippen LogP contribution in [0.3, 0.4) is 0 Å². The summed E-state index contributed by atoms with van der Waals surface area (Å²) in [6.07, 6.45) is 0. The Morgan fingerprint density at radius 2 is 1.05 bits per heavy atom. The van der Waals surface area contributed by atoms with Gasteiger partial charge in [0.2, 0.25) is 17.8 Å². The molecule has 1 heterocycles. The van der Waals surface area contributed by atoms with Gasteiger partial charge in [0.1, 0.15) is 0 Å². The van der Waals surface area contributed by atoms with Crippen molar-refractivity contribution >= 4 is 29.2 Å². The second-order valence-electron chi connectivity index (χ2n) is 4.36. The van der Waals surface area contributed by atoms with Gasteiger partial charge in [0.25, 0.3) is 0 Å². The van der Waals surface area contributed by atoms with Crippen molar-refractivity contribution in [1.82, 2.24) is 15.0 Å². The minimum atomic E-state index is 0.0920. The first-order chi connectivity index (χ1) is 10.2. The quantitative estimate of drug-likeness (QED) is 0.764. The Labute approximate surface area is 122 Å². The number of hydrogen-bond donors (Lipinski definition) is 2. The molecule has 0 radical (unpaired) electrons. The number of anilines is 5. The van der Waals surface area contributed by atoms with E-state index < -0.39 is 0 Å². The Hall–Kier alpha value is -3.15. The first-order valence-corrected chi connectivity index (χ1v) is 6.41. The number of hydrogen-bond acceptors (Lipinski definition) is 6. The zero-order valence-electron chi connectivity index (χ0n) is 11.2. The van der Waals surface area contributed by atoms with Crippen molar-refractivity contribution in [3.63, 3.8) is 0 Å². The summed E-state index contributed by atoms with van der Waals surface area (Å²) in [7, 11) is 0. The summed E-state index contributed by atoms with van der Waals surface area (Å²) in [5, 5.41) is 0. The van der Waals surface area contributed by atoms with E-state index in [1.54, 1.807) is 0 Å². The molecule has 0 aliphatic carbocycles. The lowest BCUT2D eigenvalue weighted by Crippen LogP contribution is -2.16. The molecule has 0 saturated carbocycles. The molecule has 1 aromatic heterocycles. The molecule has 0 aliphatic heterocycles. The summed E-state index contributed by atoms with van der Waals surface area (Å²) >= 11 is 0. The minimum absolute atomic E-state index is 0.0920. The zero-order valence-corrected chi connectivity index (χ0v) is 11.2. The van der Waals surface area contributed by atoms with E-state index in [1.165, 1.54) is 0 Å². The van der Waals surface area contributed by atoms with Gasteiger partial charge >= 0.3 is 0 Å². The van der Waals surface area contributed by atoms with Crippen molar-refractivity contribution in [3.8, 4) is 0 Å². The van der Waals surface area contributed by atoms with E-state index in [4.69, 9.17) is 11.5 Å². The van der Waals surface area contributed by atoms with Gasteiger partial charge in [-0.15, -0.1) is 0 Å². The Bertz CT molecular complexity index is 670. The molecule has 0 fully saturated rings. The van der Waals surface area contributed by atoms with Crippen molar-refractivity contribution in [3.05, 3.63) is 60.7 Å². The highest BCUT2D eigenvalue weighted by Gasteiger charge is 2.15. The monoisotopic (exact) mass is 278 g/mol. The largest absolute Gasteiger partial charge is 0.368 e. The number of nitrogens with zero attached hydrogens (tertiary/aromatic N) is 4. The highest BCUT2D eigenvalue weighted by Crippen LogP contribution is 2.31. The second-order valence-corrected chi connectivity index (χ2v) is 4.36. The molecule has 4 N–H and O–H groups in total. The van der Waals surface area contributed by atoms with Crippen LogP contribution in [-0.4, -0.2) is 15.0 Å². The molecule has 104 valence electrons. The van der Waals surface area contributed by atoms with E-state index in [1.807, 2.05) is 65.6 Å². The van der Waals surface area contributed by atoms with Gasteiger partial charge in [-0.2, -0.15) is 15.0 Å². The summed E-state index contributed by atoms with van der Waals surface area (Å²) in [5.41, 5.74) is 13.2. The van der Waals surface area contributed by atoms with E-state index >= 15 is 0 Å². The molecule has 0 spiro atoms. The number of benzene rings is 2. The van der Waals surface area contributed by atoms with Crippen molar-refractivity contribution < 1.29 is 0 Å². The van der Waals surface area contributed by atoms with Crippen LogP contribution in [0.5, 0.6) is 0 Å². The van der Waals surface area contributed by atoms with Gasteiger partial charge in [-0.1, -0.05) is 36.4 Å². The van der Waals surface area contributed by atoms with E-state index in [0.717, 1.165) is 11.4 Å².